The van der Waals surface area contributed by atoms with Crippen LogP contribution in [0.5, 0.6) is 0 Å². The topological polar surface area (TPSA) is 71.5 Å². The maximum Gasteiger partial charge on any atom is 0.0655 e. The van der Waals surface area contributed by atoms with Crippen LogP contribution in [0.25, 0.3) is 0 Å². The predicted molar refractivity (Wildman–Crippen MR) is 118 cm³/mol. The van der Waals surface area contributed by atoms with Gasteiger partial charge in [0.25, 0.3) is 0 Å². The van der Waals surface area contributed by atoms with E-state index in [0.29, 0.717) is 12.1 Å². The van der Waals surface area contributed by atoms with Gasteiger partial charge in [0.1, 0.15) is 0 Å². The van der Waals surface area contributed by atoms with Gasteiger partial charge in [-0.05, 0) is 96.7 Å². The summed E-state index contributed by atoms with van der Waals surface area (Å²) in [6, 6.07) is 7.87. The van der Waals surface area contributed by atoms with Crippen molar-refractivity contribution in [2.24, 2.45) is 11.8 Å². The fraction of sp³-hybridized carbons (Fsp3) is 0.708. The molecule has 2 aliphatic carbocycles. The molecule has 2 aromatic heterocycles. The Morgan fingerprint density at radius 1 is 0.900 bits per heavy atom. The van der Waals surface area contributed by atoms with Gasteiger partial charge in [0.15, 0.2) is 0 Å². The summed E-state index contributed by atoms with van der Waals surface area (Å²) in [4.78, 5) is 0. The van der Waals surface area contributed by atoms with Gasteiger partial charge in [-0.15, -0.1) is 0 Å². The average molecular weight is 409 g/mol. The molecule has 30 heavy (non-hydrogen) atoms. The minimum Gasteiger partial charge on any atom is -0.311 e. The first kappa shape index (κ1) is 21.1. The highest BCUT2D eigenvalue weighted by atomic mass is 15.3. The Kier molecular flexibility index (Phi) is 6.58. The maximum atomic E-state index is 9.15. The molecule has 6 nitrogen and oxygen atoms in total. The Balaban J connectivity index is 1.26. The molecule has 2 fully saturated rings. The normalized spacial score (nSPS) is 27.1. The Hall–Kier alpha value is -2.13. The zero-order valence-electron chi connectivity index (χ0n) is 18.8. The number of nitrogens with zero attached hydrogens (tertiary/aromatic N) is 5. The van der Waals surface area contributed by atoms with Crippen LogP contribution in [0.2, 0.25) is 0 Å². The van der Waals surface area contributed by atoms with Gasteiger partial charge in [0, 0.05) is 18.2 Å². The molecule has 0 aliphatic heterocycles. The van der Waals surface area contributed by atoms with Gasteiger partial charge in [0.2, 0.25) is 0 Å². The number of nitriles is 1. The van der Waals surface area contributed by atoms with E-state index in [1.807, 2.05) is 0 Å². The van der Waals surface area contributed by atoms with E-state index in [-0.39, 0.29) is 5.92 Å². The van der Waals surface area contributed by atoms with Crippen molar-refractivity contribution in [1.29, 1.82) is 5.26 Å². The first-order valence-electron chi connectivity index (χ1n) is 11.7. The highest BCUT2D eigenvalue weighted by Crippen LogP contribution is 2.34. The summed E-state index contributed by atoms with van der Waals surface area (Å²) in [5.41, 5.74) is 4.81. The Morgan fingerprint density at radius 2 is 1.50 bits per heavy atom. The number of rotatable bonds is 6. The third kappa shape index (κ3) is 4.78. The molecule has 0 bridgehead atoms. The predicted octanol–water partition coefficient (Wildman–Crippen LogP) is 4.78. The van der Waals surface area contributed by atoms with Crippen LogP contribution in [-0.4, -0.2) is 26.1 Å². The quantitative estimate of drug-likeness (QED) is 0.746. The fourth-order valence-corrected chi connectivity index (χ4v) is 5.48. The lowest BCUT2D eigenvalue weighted by atomic mass is 9.86. The van der Waals surface area contributed by atoms with Crippen molar-refractivity contribution in [2.45, 2.75) is 90.8 Å². The molecule has 0 atom stereocenters. The van der Waals surface area contributed by atoms with E-state index in [0.717, 1.165) is 56.1 Å². The van der Waals surface area contributed by atoms with E-state index < -0.39 is 0 Å². The summed E-state index contributed by atoms with van der Waals surface area (Å²) in [6.45, 7) is 8.30. The molecule has 0 spiro atoms. The average Bonchev–Trinajstić information content (AvgIpc) is 3.29. The largest absolute Gasteiger partial charge is 0.311 e. The monoisotopic (exact) mass is 408 g/mol. The van der Waals surface area contributed by atoms with Crippen LogP contribution in [-0.2, 0) is 6.54 Å². The van der Waals surface area contributed by atoms with E-state index in [4.69, 9.17) is 15.5 Å². The number of aryl methyl sites for hydroxylation is 3. The van der Waals surface area contributed by atoms with Gasteiger partial charge < -0.3 is 5.32 Å². The Morgan fingerprint density at radius 3 is 2.13 bits per heavy atom. The van der Waals surface area contributed by atoms with Crippen LogP contribution < -0.4 is 5.32 Å². The second-order valence-corrected chi connectivity index (χ2v) is 9.53. The summed E-state index contributed by atoms with van der Waals surface area (Å²) >= 11 is 0. The Labute approximate surface area is 180 Å². The van der Waals surface area contributed by atoms with Crippen LogP contribution in [0.15, 0.2) is 12.1 Å². The molecule has 2 heterocycles. The van der Waals surface area contributed by atoms with E-state index in [2.05, 4.69) is 53.7 Å². The van der Waals surface area contributed by atoms with Crippen LogP contribution >= 0.6 is 0 Å². The van der Waals surface area contributed by atoms with Gasteiger partial charge in [-0.25, -0.2) is 0 Å². The van der Waals surface area contributed by atoms with Crippen LogP contribution in [0.3, 0.4) is 0 Å². The molecule has 1 N–H and O–H groups in total. The van der Waals surface area contributed by atoms with Crippen molar-refractivity contribution in [2.75, 3.05) is 6.54 Å². The first-order valence-corrected chi connectivity index (χ1v) is 11.7. The third-order valence-electron chi connectivity index (χ3n) is 7.11. The third-order valence-corrected chi connectivity index (χ3v) is 7.11. The van der Waals surface area contributed by atoms with Gasteiger partial charge in [-0.2, -0.15) is 15.5 Å². The van der Waals surface area contributed by atoms with Crippen molar-refractivity contribution in [3.05, 3.63) is 34.9 Å². The number of nitrogens with one attached hydrogen (secondary N) is 1. The first-order chi connectivity index (χ1) is 14.5. The van der Waals surface area contributed by atoms with Crippen molar-refractivity contribution in [3.8, 4) is 6.07 Å². The number of hydrogen-bond acceptors (Lipinski definition) is 4. The standard InChI is InChI=1S/C24H36N6/c1-17-12-19(3)29(27-17)22-10-6-21(7-11-22)15-26-16-24-13-18(2)28-30(24)23-8-4-20(14-25)5-9-23/h12-13,20-23,26H,4-11,15-16H2,1-3H3. The molecule has 0 radical (unpaired) electrons. The van der Waals surface area contributed by atoms with E-state index in [1.54, 1.807) is 0 Å². The van der Waals surface area contributed by atoms with E-state index in [1.165, 1.54) is 37.1 Å². The van der Waals surface area contributed by atoms with Gasteiger partial charge >= 0.3 is 0 Å². The molecule has 0 unspecified atom stereocenters. The molecule has 2 aromatic rings. The zero-order chi connectivity index (χ0) is 21.1. The Bertz CT molecular complexity index is 872. The second kappa shape index (κ2) is 9.34. The molecule has 2 aliphatic rings. The van der Waals surface area contributed by atoms with Crippen molar-refractivity contribution in [3.63, 3.8) is 0 Å². The number of hydrogen-bond donors (Lipinski definition) is 1. The van der Waals surface area contributed by atoms with Crippen molar-refractivity contribution < 1.29 is 0 Å². The second-order valence-electron chi connectivity index (χ2n) is 9.53. The fourth-order valence-electron chi connectivity index (χ4n) is 5.48. The smallest absolute Gasteiger partial charge is 0.0655 e. The highest BCUT2D eigenvalue weighted by molar-refractivity contribution is 5.11. The summed E-state index contributed by atoms with van der Waals surface area (Å²) in [6.07, 6.45) is 9.15. The molecule has 6 heteroatoms. The van der Waals surface area contributed by atoms with Crippen LogP contribution in [0, 0.1) is 43.9 Å². The summed E-state index contributed by atoms with van der Waals surface area (Å²) in [5.74, 6) is 0.991. The summed E-state index contributed by atoms with van der Waals surface area (Å²) < 4.78 is 4.50. The lowest BCUT2D eigenvalue weighted by molar-refractivity contribution is 0.250. The lowest BCUT2D eigenvalue weighted by Gasteiger charge is -2.30. The summed E-state index contributed by atoms with van der Waals surface area (Å²) in [7, 11) is 0. The molecule has 2 saturated carbocycles. The lowest BCUT2D eigenvalue weighted by Crippen LogP contribution is -2.29. The van der Waals surface area contributed by atoms with Crippen LogP contribution in [0.4, 0.5) is 0 Å². The minimum atomic E-state index is 0.240. The SMILES string of the molecule is Cc1cc(C)n(C2CCC(CNCc3cc(C)nn3C3CCC(C#N)CC3)CC2)n1. The van der Waals surface area contributed by atoms with E-state index >= 15 is 0 Å². The molecule has 0 saturated heterocycles. The highest BCUT2D eigenvalue weighted by Gasteiger charge is 2.26. The summed E-state index contributed by atoms with van der Waals surface area (Å²) in [5, 5.41) is 22.4. The van der Waals surface area contributed by atoms with Crippen molar-refractivity contribution >= 4 is 0 Å². The van der Waals surface area contributed by atoms with E-state index in [9.17, 15) is 0 Å². The molecule has 4 rings (SSSR count). The van der Waals surface area contributed by atoms with Gasteiger partial charge in [-0.3, -0.25) is 9.36 Å². The molecule has 162 valence electrons. The van der Waals surface area contributed by atoms with Crippen LogP contribution in [0.1, 0.15) is 86.2 Å². The van der Waals surface area contributed by atoms with Gasteiger partial charge in [0.05, 0.1) is 35.2 Å². The van der Waals surface area contributed by atoms with Crippen molar-refractivity contribution in [1.82, 2.24) is 24.9 Å². The number of aromatic nitrogens is 4. The molecule has 0 amide bonds. The minimum absolute atomic E-state index is 0.240. The zero-order valence-corrected chi connectivity index (χ0v) is 18.8. The molecular formula is C24H36N6. The van der Waals surface area contributed by atoms with Gasteiger partial charge in [-0.1, -0.05) is 0 Å². The maximum absolute atomic E-state index is 9.15. The molecular weight excluding hydrogens is 372 g/mol. The molecule has 0 aromatic carbocycles.